The highest BCUT2D eigenvalue weighted by Crippen LogP contribution is 2.41. The van der Waals surface area contributed by atoms with E-state index in [0.29, 0.717) is 17.0 Å². The summed E-state index contributed by atoms with van der Waals surface area (Å²) in [7, 11) is 0. The standard InChI is InChI=1S/C19H27N3O3S/c1-6-7-8-15(24)25-11-14(23)21-17-13(10-20)12-9-18(2,3)22-19(4,5)16(12)26-17/h22H,6-9,11H2,1-5H3,(H,21,23)/p+1. The van der Waals surface area contributed by atoms with Crippen LogP contribution in [0.15, 0.2) is 0 Å². The molecule has 1 aromatic heterocycles. The highest BCUT2D eigenvalue weighted by Gasteiger charge is 2.44. The van der Waals surface area contributed by atoms with Crippen LogP contribution in [0.25, 0.3) is 0 Å². The van der Waals surface area contributed by atoms with Crippen LogP contribution in [0.1, 0.15) is 69.9 Å². The third-order valence-electron chi connectivity index (χ3n) is 4.44. The van der Waals surface area contributed by atoms with E-state index < -0.39 is 5.91 Å². The van der Waals surface area contributed by atoms with Crippen molar-refractivity contribution in [3.63, 3.8) is 0 Å². The predicted octanol–water partition coefficient (Wildman–Crippen LogP) is 2.42. The van der Waals surface area contributed by atoms with Gasteiger partial charge in [-0.1, -0.05) is 13.3 Å². The molecule has 1 aliphatic heterocycles. The average Bonchev–Trinajstić information content (AvgIpc) is 2.86. The fourth-order valence-corrected chi connectivity index (χ4v) is 4.87. The van der Waals surface area contributed by atoms with Crippen molar-refractivity contribution in [1.29, 1.82) is 5.26 Å². The first kappa shape index (κ1) is 20.4. The molecule has 0 radical (unpaired) electrons. The largest absolute Gasteiger partial charge is 0.456 e. The van der Waals surface area contributed by atoms with Crippen molar-refractivity contribution < 1.29 is 19.6 Å². The van der Waals surface area contributed by atoms with Gasteiger partial charge in [0.25, 0.3) is 5.91 Å². The number of fused-ring (bicyclic) bond motifs is 1. The van der Waals surface area contributed by atoms with E-state index in [9.17, 15) is 14.9 Å². The quantitative estimate of drug-likeness (QED) is 0.743. The van der Waals surface area contributed by atoms with Crippen LogP contribution in [0.3, 0.4) is 0 Å². The number of carbonyl (C=O) groups excluding carboxylic acids is 2. The molecule has 0 unspecified atom stereocenters. The summed E-state index contributed by atoms with van der Waals surface area (Å²) in [4.78, 5) is 24.8. The van der Waals surface area contributed by atoms with Crippen molar-refractivity contribution in [1.82, 2.24) is 0 Å². The van der Waals surface area contributed by atoms with Gasteiger partial charge in [0.1, 0.15) is 16.6 Å². The normalized spacial score (nSPS) is 17.1. The molecule has 0 spiro atoms. The minimum absolute atomic E-state index is 0.0146. The molecular weight excluding hydrogens is 350 g/mol. The summed E-state index contributed by atoms with van der Waals surface area (Å²) in [5.74, 6) is -0.781. The third kappa shape index (κ3) is 4.63. The van der Waals surface area contributed by atoms with E-state index in [1.165, 1.54) is 11.3 Å². The highest BCUT2D eigenvalue weighted by atomic mass is 32.1. The van der Waals surface area contributed by atoms with Crippen LogP contribution < -0.4 is 10.6 Å². The van der Waals surface area contributed by atoms with Gasteiger partial charge in [-0.15, -0.1) is 11.3 Å². The molecule has 2 rings (SSSR count). The number of esters is 1. The fourth-order valence-electron chi connectivity index (χ4n) is 3.61. The zero-order valence-electron chi connectivity index (χ0n) is 16.2. The average molecular weight is 379 g/mol. The van der Waals surface area contributed by atoms with Crippen molar-refractivity contribution in [2.24, 2.45) is 0 Å². The Bertz CT molecular complexity index is 744. The van der Waals surface area contributed by atoms with Gasteiger partial charge in [0.2, 0.25) is 0 Å². The number of nitrogens with zero attached hydrogens (tertiary/aromatic N) is 1. The van der Waals surface area contributed by atoms with Gasteiger partial charge in [0.15, 0.2) is 6.61 Å². The van der Waals surface area contributed by atoms with E-state index in [1.54, 1.807) is 0 Å². The summed E-state index contributed by atoms with van der Waals surface area (Å²) in [5.41, 5.74) is 1.37. The number of quaternary nitrogens is 1. The summed E-state index contributed by atoms with van der Waals surface area (Å²) < 4.78 is 4.99. The summed E-state index contributed by atoms with van der Waals surface area (Å²) >= 11 is 1.44. The minimum atomic E-state index is -0.411. The van der Waals surface area contributed by atoms with Crippen molar-refractivity contribution in [3.05, 3.63) is 16.0 Å². The van der Waals surface area contributed by atoms with E-state index in [-0.39, 0.29) is 23.7 Å². The molecule has 3 N–H and O–H groups in total. The molecule has 1 aromatic rings. The van der Waals surface area contributed by atoms with E-state index in [1.807, 2.05) is 6.92 Å². The number of thiophene rings is 1. The number of nitrogens with one attached hydrogen (secondary N) is 1. The zero-order valence-corrected chi connectivity index (χ0v) is 17.0. The Morgan fingerprint density at radius 1 is 1.35 bits per heavy atom. The number of ether oxygens (including phenoxy) is 1. The number of unbranched alkanes of at least 4 members (excludes halogenated alkanes) is 1. The predicted molar refractivity (Wildman–Crippen MR) is 101 cm³/mol. The summed E-state index contributed by atoms with van der Waals surface area (Å²) in [5, 5.41) is 15.3. The van der Waals surface area contributed by atoms with Gasteiger partial charge in [0, 0.05) is 12.8 Å². The Labute approximate surface area is 158 Å². The summed E-state index contributed by atoms with van der Waals surface area (Å²) in [6.45, 7) is 10.2. The molecule has 142 valence electrons. The van der Waals surface area contributed by atoms with Crippen LogP contribution in [-0.4, -0.2) is 24.0 Å². The highest BCUT2D eigenvalue weighted by molar-refractivity contribution is 7.16. The van der Waals surface area contributed by atoms with E-state index >= 15 is 0 Å². The molecule has 1 aliphatic rings. The number of anilines is 1. The Morgan fingerprint density at radius 2 is 2.04 bits per heavy atom. The molecule has 0 atom stereocenters. The monoisotopic (exact) mass is 378 g/mol. The lowest BCUT2D eigenvalue weighted by Gasteiger charge is -2.38. The van der Waals surface area contributed by atoms with Gasteiger partial charge in [-0.2, -0.15) is 5.26 Å². The van der Waals surface area contributed by atoms with Crippen LogP contribution >= 0.6 is 11.3 Å². The first-order valence-electron chi connectivity index (χ1n) is 8.98. The lowest BCUT2D eigenvalue weighted by molar-refractivity contribution is -0.789. The number of amides is 1. The van der Waals surface area contributed by atoms with Crippen molar-refractivity contribution in [3.8, 4) is 6.07 Å². The molecule has 26 heavy (non-hydrogen) atoms. The molecule has 0 bridgehead atoms. The number of carbonyl (C=O) groups is 2. The maximum atomic E-state index is 12.2. The lowest BCUT2D eigenvalue weighted by atomic mass is 9.81. The van der Waals surface area contributed by atoms with Gasteiger partial charge in [0.05, 0.1) is 16.0 Å². The number of hydrogen-bond donors (Lipinski definition) is 2. The van der Waals surface area contributed by atoms with Crippen LogP contribution in [0.2, 0.25) is 0 Å². The number of nitrogens with two attached hydrogens (primary N) is 1. The van der Waals surface area contributed by atoms with Crippen LogP contribution in [0, 0.1) is 11.3 Å². The SMILES string of the molecule is CCCCC(=O)OCC(=O)Nc1sc2c(c1C#N)CC(C)(C)[NH2+]C2(C)C. The van der Waals surface area contributed by atoms with Crippen molar-refractivity contribution in [2.75, 3.05) is 11.9 Å². The van der Waals surface area contributed by atoms with E-state index in [2.05, 4.69) is 44.4 Å². The molecule has 0 aromatic carbocycles. The third-order valence-corrected chi connectivity index (χ3v) is 5.93. The van der Waals surface area contributed by atoms with Crippen LogP contribution in [0.5, 0.6) is 0 Å². The first-order valence-corrected chi connectivity index (χ1v) is 9.80. The molecule has 6 nitrogen and oxygen atoms in total. The molecule has 0 aliphatic carbocycles. The van der Waals surface area contributed by atoms with Gasteiger partial charge in [-0.25, -0.2) is 0 Å². The van der Waals surface area contributed by atoms with E-state index in [4.69, 9.17) is 4.74 Å². The maximum Gasteiger partial charge on any atom is 0.306 e. The van der Waals surface area contributed by atoms with Crippen molar-refractivity contribution >= 4 is 28.2 Å². The molecule has 2 heterocycles. The second-order valence-corrected chi connectivity index (χ2v) is 9.09. The van der Waals surface area contributed by atoms with E-state index in [0.717, 1.165) is 29.7 Å². The molecular formula is C19H28N3O3S+. The molecule has 1 amide bonds. The second kappa shape index (κ2) is 7.77. The van der Waals surface area contributed by atoms with Gasteiger partial charge < -0.3 is 15.4 Å². The Hall–Kier alpha value is -1.91. The smallest absolute Gasteiger partial charge is 0.306 e. The van der Waals surface area contributed by atoms with Gasteiger partial charge in [-0.3, -0.25) is 9.59 Å². The topological polar surface area (TPSA) is 95.8 Å². The Morgan fingerprint density at radius 3 is 2.65 bits per heavy atom. The number of nitriles is 1. The maximum absolute atomic E-state index is 12.2. The second-order valence-electron chi connectivity index (χ2n) is 8.07. The zero-order chi connectivity index (χ0) is 19.5. The lowest BCUT2D eigenvalue weighted by Crippen LogP contribution is -3.03. The molecule has 0 saturated carbocycles. The van der Waals surface area contributed by atoms with Gasteiger partial charge in [-0.05, 0) is 39.7 Å². The van der Waals surface area contributed by atoms with Crippen molar-refractivity contribution in [2.45, 2.75) is 71.4 Å². The minimum Gasteiger partial charge on any atom is -0.456 e. The Balaban J connectivity index is 2.14. The summed E-state index contributed by atoms with van der Waals surface area (Å²) in [6, 6.07) is 2.25. The molecule has 0 fully saturated rings. The van der Waals surface area contributed by atoms with Crippen LogP contribution in [0.4, 0.5) is 5.00 Å². The molecule has 7 heteroatoms. The van der Waals surface area contributed by atoms with Crippen LogP contribution in [-0.2, 0) is 26.3 Å². The first-order chi connectivity index (χ1) is 12.1. The Kier molecular flexibility index (Phi) is 6.09. The number of rotatable bonds is 6. The molecule has 0 saturated heterocycles. The number of hydrogen-bond acceptors (Lipinski definition) is 5. The fraction of sp³-hybridized carbons (Fsp3) is 0.632. The van der Waals surface area contributed by atoms with Gasteiger partial charge >= 0.3 is 5.97 Å². The summed E-state index contributed by atoms with van der Waals surface area (Å²) in [6.07, 6.45) is 2.74.